The van der Waals surface area contributed by atoms with Gasteiger partial charge in [0, 0.05) is 55.0 Å². The Morgan fingerprint density at radius 1 is 0.417 bits per heavy atom. The Kier molecular flexibility index (Phi) is 6.19. The molecule has 4 nitrogen and oxygen atoms in total. The fourth-order valence-electron chi connectivity index (χ4n) is 10.9. The van der Waals surface area contributed by atoms with Crippen LogP contribution < -0.4 is 0 Å². The molecule has 60 heavy (non-hydrogen) atoms. The van der Waals surface area contributed by atoms with Crippen molar-refractivity contribution in [3.63, 3.8) is 0 Å². The smallest absolute Gasteiger partial charge is 0.145 e. The maximum Gasteiger partial charge on any atom is 0.145 e. The van der Waals surface area contributed by atoms with E-state index in [1.54, 1.807) is 0 Å². The normalized spacial score (nSPS) is 13.5. The Hall–Kier alpha value is -7.95. The number of rotatable bonds is 2. The zero-order valence-corrected chi connectivity index (χ0v) is 32.1. The molecule has 0 N–H and O–H groups in total. The molecule has 2 aliphatic rings. The molecule has 14 rings (SSSR count). The van der Waals surface area contributed by atoms with E-state index in [0.717, 1.165) is 87.9 Å². The molecule has 1 spiro atoms. The van der Waals surface area contributed by atoms with Gasteiger partial charge in [0.1, 0.15) is 11.2 Å². The van der Waals surface area contributed by atoms with E-state index in [2.05, 4.69) is 170 Å². The average Bonchev–Trinajstić information content (AvgIpc) is 3.95. The van der Waals surface area contributed by atoms with Gasteiger partial charge in [-0.3, -0.25) is 4.98 Å². The van der Waals surface area contributed by atoms with Crippen molar-refractivity contribution >= 4 is 65.4 Å². The highest BCUT2D eigenvalue weighted by molar-refractivity contribution is 6.30. The van der Waals surface area contributed by atoms with Gasteiger partial charge in [-0.25, -0.2) is 9.97 Å². The van der Waals surface area contributed by atoms with Gasteiger partial charge in [0.2, 0.25) is 0 Å². The van der Waals surface area contributed by atoms with Crippen molar-refractivity contribution in [3.8, 4) is 44.8 Å². The quantitative estimate of drug-likeness (QED) is 0.165. The van der Waals surface area contributed by atoms with Crippen molar-refractivity contribution in [2.75, 3.05) is 0 Å². The number of benzene rings is 8. The summed E-state index contributed by atoms with van der Waals surface area (Å²) >= 11 is 0. The molecule has 4 heteroatoms. The topological polar surface area (TPSA) is 51.8 Å². The molecule has 12 aromatic rings. The van der Waals surface area contributed by atoms with Gasteiger partial charge in [-0.1, -0.05) is 146 Å². The summed E-state index contributed by atoms with van der Waals surface area (Å²) in [5.41, 5.74) is 18.0. The third-order valence-corrected chi connectivity index (χ3v) is 13.3. The Balaban J connectivity index is 1.11. The number of hydrogen-bond donors (Lipinski definition) is 0. The highest BCUT2D eigenvalue weighted by Gasteiger charge is 2.51. The van der Waals surface area contributed by atoms with Crippen LogP contribution in [-0.4, -0.2) is 15.0 Å². The highest BCUT2D eigenvalue weighted by Crippen LogP contribution is 2.63. The largest absolute Gasteiger partial charge is 0.455 e. The lowest BCUT2D eigenvalue weighted by Crippen LogP contribution is -2.25. The van der Waals surface area contributed by atoms with Gasteiger partial charge in [-0.15, -0.1) is 0 Å². The second kappa shape index (κ2) is 11.6. The van der Waals surface area contributed by atoms with E-state index >= 15 is 0 Å². The van der Waals surface area contributed by atoms with Crippen LogP contribution in [0.2, 0.25) is 0 Å². The Labute approximate surface area is 344 Å². The second-order valence-electron chi connectivity index (χ2n) is 16.2. The van der Waals surface area contributed by atoms with Crippen molar-refractivity contribution in [3.05, 3.63) is 210 Å². The van der Waals surface area contributed by atoms with E-state index in [1.807, 2.05) is 18.3 Å². The molecule has 0 fully saturated rings. The minimum Gasteiger partial charge on any atom is -0.455 e. The Morgan fingerprint density at radius 2 is 1.05 bits per heavy atom. The van der Waals surface area contributed by atoms with E-state index in [4.69, 9.17) is 19.4 Å². The SMILES string of the molecule is c1ccc2c(c1)-c1ccccc1C21c2ccccc2-c2ccc(-c3nc4ccccc4c4c3cc(-c3ccc5ccc6cccnc6c5n3)c3oc5ccccc5c34)cc21. The zero-order valence-electron chi connectivity index (χ0n) is 32.1. The maximum absolute atomic E-state index is 6.89. The van der Waals surface area contributed by atoms with Gasteiger partial charge in [0.15, 0.2) is 0 Å². The number of hydrogen-bond acceptors (Lipinski definition) is 4. The van der Waals surface area contributed by atoms with Crippen LogP contribution in [0.4, 0.5) is 0 Å². The molecule has 0 aliphatic heterocycles. The zero-order chi connectivity index (χ0) is 39.1. The second-order valence-corrected chi connectivity index (χ2v) is 16.2. The summed E-state index contributed by atoms with van der Waals surface area (Å²) in [6.07, 6.45) is 1.84. The summed E-state index contributed by atoms with van der Waals surface area (Å²) in [4.78, 5) is 15.8. The number of nitrogens with zero attached hydrogens (tertiary/aromatic N) is 3. The van der Waals surface area contributed by atoms with Gasteiger partial charge in [0.25, 0.3) is 0 Å². The van der Waals surface area contributed by atoms with Crippen LogP contribution in [0.3, 0.4) is 0 Å². The minimum atomic E-state index is -0.465. The molecule has 2 aliphatic carbocycles. The molecule has 0 amide bonds. The fourth-order valence-corrected chi connectivity index (χ4v) is 10.9. The van der Waals surface area contributed by atoms with Crippen LogP contribution in [0.5, 0.6) is 0 Å². The predicted molar refractivity (Wildman–Crippen MR) is 244 cm³/mol. The van der Waals surface area contributed by atoms with E-state index in [9.17, 15) is 0 Å². The summed E-state index contributed by atoms with van der Waals surface area (Å²) in [7, 11) is 0. The third-order valence-electron chi connectivity index (χ3n) is 13.3. The lowest BCUT2D eigenvalue weighted by atomic mass is 9.70. The number of aromatic nitrogens is 3. The first-order valence-corrected chi connectivity index (χ1v) is 20.5. The van der Waals surface area contributed by atoms with E-state index in [-0.39, 0.29) is 0 Å². The maximum atomic E-state index is 6.89. The van der Waals surface area contributed by atoms with E-state index in [1.165, 1.54) is 44.5 Å². The first kappa shape index (κ1) is 32.1. The monoisotopic (exact) mass is 761 g/mol. The van der Waals surface area contributed by atoms with Gasteiger partial charge in [-0.2, -0.15) is 0 Å². The molecule has 0 saturated carbocycles. The summed E-state index contributed by atoms with van der Waals surface area (Å²) in [5, 5.41) is 7.51. The van der Waals surface area contributed by atoms with Crippen molar-refractivity contribution in [1.82, 2.24) is 15.0 Å². The molecule has 4 aromatic heterocycles. The number of furan rings is 1. The Bertz CT molecular complexity index is 3800. The number of fused-ring (bicyclic) bond motifs is 20. The van der Waals surface area contributed by atoms with Gasteiger partial charge >= 0.3 is 0 Å². The molecular weight excluding hydrogens is 731 g/mol. The van der Waals surface area contributed by atoms with Crippen molar-refractivity contribution < 1.29 is 4.42 Å². The summed E-state index contributed by atoms with van der Waals surface area (Å²) < 4.78 is 6.89. The molecule has 0 bridgehead atoms. The van der Waals surface area contributed by atoms with Crippen molar-refractivity contribution in [2.24, 2.45) is 0 Å². The van der Waals surface area contributed by atoms with Crippen molar-refractivity contribution in [2.45, 2.75) is 5.41 Å². The Morgan fingerprint density at radius 3 is 1.82 bits per heavy atom. The first-order chi connectivity index (χ1) is 29.8. The van der Waals surface area contributed by atoms with Gasteiger partial charge < -0.3 is 4.42 Å². The molecule has 0 radical (unpaired) electrons. The van der Waals surface area contributed by atoms with Crippen LogP contribution in [0.1, 0.15) is 22.3 Å². The highest BCUT2D eigenvalue weighted by atomic mass is 16.3. The summed E-state index contributed by atoms with van der Waals surface area (Å²) in [6.45, 7) is 0. The molecule has 0 saturated heterocycles. The standard InChI is InChI=1S/C56H31N3O/c1-6-18-43-35(13-1)36-14-2-7-19-44(36)56(43)45-20-8-3-15-37(45)38-27-25-34(30-46(38)56)52-42-31-41(48-28-26-33-24-23-32-12-11-29-57-53(32)54(33)59-48)55-51(40-17-5-10-22-49(40)60-55)50(42)39-16-4-9-21-47(39)58-52/h1-31H. The van der Waals surface area contributed by atoms with E-state index in [0.29, 0.717) is 0 Å². The van der Waals surface area contributed by atoms with Crippen LogP contribution in [0.15, 0.2) is 193 Å². The third kappa shape index (κ3) is 4.02. The lowest BCUT2D eigenvalue weighted by Gasteiger charge is -2.30. The molecule has 0 atom stereocenters. The first-order valence-electron chi connectivity index (χ1n) is 20.5. The number of para-hydroxylation sites is 2. The van der Waals surface area contributed by atoms with Gasteiger partial charge in [0.05, 0.1) is 33.4 Å². The molecule has 8 aromatic carbocycles. The molecule has 276 valence electrons. The predicted octanol–water partition coefficient (Wildman–Crippen LogP) is 14.1. The summed E-state index contributed by atoms with van der Waals surface area (Å²) in [5.74, 6) is 0. The minimum absolute atomic E-state index is 0.465. The lowest BCUT2D eigenvalue weighted by molar-refractivity contribution is 0.670. The molecule has 4 heterocycles. The van der Waals surface area contributed by atoms with Crippen LogP contribution in [-0.2, 0) is 5.41 Å². The summed E-state index contributed by atoms with van der Waals surface area (Å²) in [6, 6.07) is 65.8. The average molecular weight is 762 g/mol. The fraction of sp³-hybridized carbons (Fsp3) is 0.0179. The van der Waals surface area contributed by atoms with Crippen LogP contribution in [0.25, 0.3) is 110 Å². The van der Waals surface area contributed by atoms with Crippen LogP contribution >= 0.6 is 0 Å². The van der Waals surface area contributed by atoms with Crippen molar-refractivity contribution in [1.29, 1.82) is 0 Å². The molecule has 0 unspecified atom stereocenters. The van der Waals surface area contributed by atoms with E-state index < -0.39 is 5.41 Å². The van der Waals surface area contributed by atoms with Gasteiger partial charge in [-0.05, 0) is 80.9 Å². The molecular formula is C56H31N3O. The number of pyridine rings is 3. The van der Waals surface area contributed by atoms with Crippen LogP contribution in [0, 0.1) is 0 Å².